The molecule has 1 heterocycles. The van der Waals surface area contributed by atoms with Crippen LogP contribution in [0.25, 0.3) is 0 Å². The molecule has 0 radical (unpaired) electrons. The standard InChI is InChI=1S/C30H41N3O5S/c1-5-37-25(34)29(4)14-6-13-28(3)22(29)12-16-30-18-27(2,15-11-23(28)30)24-21(30)17-38-32(24)26(39)31-19-7-9-20(10-8-19)33(35)36/h7-10,21-24H,5-6,11-18H2,1-4H3,(H,31,39)/t21-,22+,23+,24+,27+,28-,29-,30-/m1/s1. The minimum absolute atomic E-state index is 0.000127. The number of thiocarbonyl (C=S) groups is 1. The van der Waals surface area contributed by atoms with Gasteiger partial charge in [0.1, 0.15) is 0 Å². The number of carbonyl (C=O) groups is 1. The van der Waals surface area contributed by atoms with Gasteiger partial charge in [-0.1, -0.05) is 20.3 Å². The molecule has 0 amide bonds. The van der Waals surface area contributed by atoms with Crippen LogP contribution >= 0.6 is 12.2 Å². The maximum atomic E-state index is 13.3. The fraction of sp³-hybridized carbons (Fsp3) is 0.733. The summed E-state index contributed by atoms with van der Waals surface area (Å²) >= 11 is 5.86. The number of anilines is 1. The lowest BCUT2D eigenvalue weighted by atomic mass is 9.39. The molecule has 39 heavy (non-hydrogen) atoms. The predicted molar refractivity (Wildman–Crippen MR) is 152 cm³/mol. The Kier molecular flexibility index (Phi) is 6.30. The molecule has 8 atom stereocenters. The van der Waals surface area contributed by atoms with Crippen LogP contribution in [0, 0.1) is 49.5 Å². The first-order valence-corrected chi connectivity index (χ1v) is 15.0. The average Bonchev–Trinajstić information content (AvgIpc) is 3.42. The van der Waals surface area contributed by atoms with Crippen molar-refractivity contribution in [2.75, 3.05) is 18.5 Å². The highest BCUT2D eigenvalue weighted by molar-refractivity contribution is 7.80. The third-order valence-corrected chi connectivity index (χ3v) is 12.1. The maximum Gasteiger partial charge on any atom is 0.312 e. The lowest BCUT2D eigenvalue weighted by molar-refractivity contribution is -0.384. The zero-order valence-electron chi connectivity index (χ0n) is 23.5. The molecule has 1 aromatic rings. The van der Waals surface area contributed by atoms with E-state index >= 15 is 0 Å². The normalized spacial score (nSPS) is 42.2. The number of nitrogens with zero attached hydrogens (tertiary/aromatic N) is 2. The number of benzene rings is 1. The molecular formula is C30H41N3O5S. The lowest BCUT2D eigenvalue weighted by Crippen LogP contribution is -2.60. The van der Waals surface area contributed by atoms with Crippen LogP contribution in [0.2, 0.25) is 0 Å². The smallest absolute Gasteiger partial charge is 0.312 e. The Labute approximate surface area is 236 Å². The summed E-state index contributed by atoms with van der Waals surface area (Å²) in [5.41, 5.74) is 0.761. The number of esters is 1. The Morgan fingerprint density at radius 1 is 1.15 bits per heavy atom. The fourth-order valence-corrected chi connectivity index (χ4v) is 10.8. The molecule has 2 bridgehead atoms. The largest absolute Gasteiger partial charge is 0.466 e. The van der Waals surface area contributed by atoms with Crippen molar-refractivity contribution in [3.8, 4) is 0 Å². The number of nitro groups is 1. The van der Waals surface area contributed by atoms with E-state index < -0.39 is 10.3 Å². The molecular weight excluding hydrogens is 514 g/mol. The quantitative estimate of drug-likeness (QED) is 0.195. The molecule has 1 aliphatic heterocycles. The predicted octanol–water partition coefficient (Wildman–Crippen LogP) is 6.50. The van der Waals surface area contributed by atoms with Crippen LogP contribution in [0.1, 0.15) is 79.1 Å². The summed E-state index contributed by atoms with van der Waals surface area (Å²) in [5.74, 6) is 1.29. The first kappa shape index (κ1) is 26.9. The molecule has 1 aromatic carbocycles. The van der Waals surface area contributed by atoms with E-state index in [1.54, 1.807) is 12.1 Å². The van der Waals surface area contributed by atoms with Crippen LogP contribution in [-0.4, -0.2) is 40.3 Å². The molecule has 6 rings (SSSR count). The molecule has 5 fully saturated rings. The Morgan fingerprint density at radius 3 is 2.56 bits per heavy atom. The third kappa shape index (κ3) is 3.78. The van der Waals surface area contributed by atoms with E-state index in [-0.39, 0.29) is 33.9 Å². The van der Waals surface area contributed by atoms with Gasteiger partial charge in [0.2, 0.25) is 0 Å². The number of ether oxygens (including phenoxy) is 1. The summed E-state index contributed by atoms with van der Waals surface area (Å²) in [4.78, 5) is 30.3. The first-order valence-electron chi connectivity index (χ1n) is 14.6. The molecule has 4 aliphatic carbocycles. The second kappa shape index (κ2) is 9.13. The minimum atomic E-state index is -0.405. The van der Waals surface area contributed by atoms with Gasteiger partial charge >= 0.3 is 5.97 Å². The topological polar surface area (TPSA) is 93.9 Å². The van der Waals surface area contributed by atoms with Crippen LogP contribution in [0.4, 0.5) is 11.4 Å². The number of hydrogen-bond acceptors (Lipinski definition) is 6. The van der Waals surface area contributed by atoms with Gasteiger partial charge < -0.3 is 10.1 Å². The second-order valence-corrected chi connectivity index (χ2v) is 14.0. The number of nitro benzene ring substituents is 1. The van der Waals surface area contributed by atoms with E-state index in [4.69, 9.17) is 21.8 Å². The SMILES string of the molecule is CCOC(=O)[C@]1(C)CCC[C@@]2(C)[C@@H]3CC[C@@]4(C)C[C@]3(CC[C@@H]21)[C@@H]1CON(C(=S)Nc2ccc([N+](=O)[O-])cc2)[C@@H]14. The Hall–Kier alpha value is -2.26. The Morgan fingerprint density at radius 2 is 1.87 bits per heavy atom. The zero-order chi connectivity index (χ0) is 27.8. The van der Waals surface area contributed by atoms with E-state index in [0.29, 0.717) is 41.8 Å². The van der Waals surface area contributed by atoms with Crippen LogP contribution in [0.5, 0.6) is 0 Å². The van der Waals surface area contributed by atoms with E-state index in [2.05, 4.69) is 26.1 Å². The lowest BCUT2D eigenvalue weighted by Gasteiger charge is -2.64. The molecule has 212 valence electrons. The minimum Gasteiger partial charge on any atom is -0.466 e. The van der Waals surface area contributed by atoms with Gasteiger partial charge in [-0.2, -0.15) is 0 Å². The van der Waals surface area contributed by atoms with E-state index in [9.17, 15) is 14.9 Å². The van der Waals surface area contributed by atoms with Gasteiger partial charge in [-0.25, -0.2) is 5.06 Å². The molecule has 1 saturated heterocycles. The van der Waals surface area contributed by atoms with Gasteiger partial charge in [-0.15, -0.1) is 0 Å². The van der Waals surface area contributed by atoms with Crippen molar-refractivity contribution < 1.29 is 19.3 Å². The zero-order valence-corrected chi connectivity index (χ0v) is 24.4. The summed E-state index contributed by atoms with van der Waals surface area (Å²) in [5, 5.41) is 16.8. The number of non-ortho nitro benzene ring substituents is 1. The number of carbonyl (C=O) groups excluding carboxylic acids is 1. The fourth-order valence-electron chi connectivity index (χ4n) is 10.5. The molecule has 5 aliphatic rings. The number of hydrogen-bond donors (Lipinski definition) is 1. The number of fused-ring (bicyclic) bond motifs is 5. The highest BCUT2D eigenvalue weighted by atomic mass is 32.1. The Bertz CT molecular complexity index is 1190. The van der Waals surface area contributed by atoms with Crippen LogP contribution < -0.4 is 5.32 Å². The van der Waals surface area contributed by atoms with Crippen molar-refractivity contribution in [2.45, 2.75) is 85.1 Å². The van der Waals surface area contributed by atoms with Gasteiger partial charge in [0.15, 0.2) is 5.11 Å². The number of nitrogens with one attached hydrogen (secondary N) is 1. The van der Waals surface area contributed by atoms with E-state index in [1.807, 2.05) is 12.0 Å². The first-order chi connectivity index (χ1) is 18.5. The van der Waals surface area contributed by atoms with Gasteiger partial charge in [-0.05, 0) is 111 Å². The van der Waals surface area contributed by atoms with Crippen molar-refractivity contribution in [3.63, 3.8) is 0 Å². The third-order valence-electron chi connectivity index (χ3n) is 11.9. The van der Waals surface area contributed by atoms with Crippen molar-refractivity contribution in [3.05, 3.63) is 34.4 Å². The summed E-state index contributed by atoms with van der Waals surface area (Å²) in [6.45, 7) is 10.1. The summed E-state index contributed by atoms with van der Waals surface area (Å²) in [6, 6.07) is 6.54. The molecule has 1 N–H and O–H groups in total. The van der Waals surface area contributed by atoms with Crippen molar-refractivity contribution in [1.82, 2.24) is 5.06 Å². The number of hydroxylamine groups is 2. The molecule has 9 heteroatoms. The van der Waals surface area contributed by atoms with Crippen LogP contribution in [-0.2, 0) is 14.4 Å². The molecule has 0 aromatic heterocycles. The van der Waals surface area contributed by atoms with Gasteiger partial charge in [0.05, 0.1) is 29.6 Å². The molecule has 8 nitrogen and oxygen atoms in total. The van der Waals surface area contributed by atoms with Gasteiger partial charge in [0, 0.05) is 23.7 Å². The highest BCUT2D eigenvalue weighted by Gasteiger charge is 2.73. The van der Waals surface area contributed by atoms with Gasteiger partial charge in [-0.3, -0.25) is 19.7 Å². The van der Waals surface area contributed by atoms with Crippen molar-refractivity contribution in [2.24, 2.45) is 39.4 Å². The molecule has 1 spiro atoms. The summed E-state index contributed by atoms with van der Waals surface area (Å²) in [7, 11) is 0. The number of rotatable bonds is 4. The molecule has 4 saturated carbocycles. The monoisotopic (exact) mass is 555 g/mol. The molecule has 0 unspecified atom stereocenters. The summed E-state index contributed by atoms with van der Waals surface area (Å²) in [6.07, 6.45) is 8.86. The van der Waals surface area contributed by atoms with E-state index in [0.717, 1.165) is 32.1 Å². The van der Waals surface area contributed by atoms with E-state index in [1.165, 1.54) is 31.4 Å². The van der Waals surface area contributed by atoms with Crippen molar-refractivity contribution in [1.29, 1.82) is 0 Å². The van der Waals surface area contributed by atoms with Crippen molar-refractivity contribution >= 4 is 34.7 Å². The second-order valence-electron chi connectivity index (χ2n) is 13.7. The summed E-state index contributed by atoms with van der Waals surface area (Å²) < 4.78 is 5.65. The average molecular weight is 556 g/mol. The van der Waals surface area contributed by atoms with Crippen LogP contribution in [0.15, 0.2) is 24.3 Å². The maximum absolute atomic E-state index is 13.3. The van der Waals surface area contributed by atoms with Gasteiger partial charge in [0.25, 0.3) is 5.69 Å². The Balaban J connectivity index is 1.27. The highest BCUT2D eigenvalue weighted by Crippen LogP contribution is 2.76. The van der Waals surface area contributed by atoms with Crippen LogP contribution in [0.3, 0.4) is 0 Å².